The minimum Gasteiger partial charge on any atom is -0.497 e. The summed E-state index contributed by atoms with van der Waals surface area (Å²) >= 11 is 1.05. The number of carbonyl (C=O) groups excluding carboxylic acids is 2. The Labute approximate surface area is 187 Å². The van der Waals surface area contributed by atoms with E-state index in [1.165, 1.54) is 17.7 Å². The Kier molecular flexibility index (Phi) is 8.03. The van der Waals surface area contributed by atoms with E-state index in [9.17, 15) is 14.0 Å². The van der Waals surface area contributed by atoms with Crippen LogP contribution in [0.25, 0.3) is 5.69 Å². The molecule has 0 atom stereocenters. The van der Waals surface area contributed by atoms with Crippen LogP contribution in [0.1, 0.15) is 5.82 Å². The van der Waals surface area contributed by atoms with E-state index >= 15 is 0 Å². The molecule has 3 aromatic rings. The van der Waals surface area contributed by atoms with Crippen molar-refractivity contribution in [1.29, 1.82) is 0 Å². The minimum atomic E-state index is -0.559. The number of ether oxygens (including phenoxy) is 3. The van der Waals surface area contributed by atoms with E-state index in [4.69, 9.17) is 9.47 Å². The molecule has 1 aromatic heterocycles. The molecule has 0 saturated carbocycles. The average molecular weight is 460 g/mol. The van der Waals surface area contributed by atoms with E-state index in [2.05, 4.69) is 20.3 Å². The fourth-order valence-corrected chi connectivity index (χ4v) is 3.40. The lowest BCUT2D eigenvalue weighted by molar-refractivity contribution is -0.140. The molecule has 3 rings (SSSR count). The number of methoxy groups -OCH3 is 2. The van der Waals surface area contributed by atoms with Crippen molar-refractivity contribution in [1.82, 2.24) is 20.1 Å². The largest absolute Gasteiger partial charge is 0.497 e. The van der Waals surface area contributed by atoms with Crippen LogP contribution in [-0.2, 0) is 20.9 Å². The summed E-state index contributed by atoms with van der Waals surface area (Å²) in [6.07, 6.45) is 0. The molecular formula is C21H21FN4O5S. The highest BCUT2D eigenvalue weighted by atomic mass is 32.2. The number of carbonyl (C=O) groups is 2. The monoisotopic (exact) mass is 460 g/mol. The van der Waals surface area contributed by atoms with Crippen LogP contribution in [0.2, 0.25) is 0 Å². The van der Waals surface area contributed by atoms with Gasteiger partial charge in [-0.05, 0) is 36.4 Å². The van der Waals surface area contributed by atoms with E-state index in [-0.39, 0.29) is 24.6 Å². The van der Waals surface area contributed by atoms with Crippen LogP contribution in [0.5, 0.6) is 11.5 Å². The lowest BCUT2D eigenvalue weighted by Crippen LogP contribution is -2.31. The van der Waals surface area contributed by atoms with Gasteiger partial charge >= 0.3 is 5.97 Å². The lowest BCUT2D eigenvalue weighted by Gasteiger charge is -2.12. The van der Waals surface area contributed by atoms with E-state index in [1.54, 1.807) is 49.6 Å². The number of halogens is 1. The second-order valence-electron chi connectivity index (χ2n) is 6.29. The Bertz CT molecular complexity index is 1070. The van der Waals surface area contributed by atoms with Crippen LogP contribution >= 0.6 is 11.8 Å². The zero-order chi connectivity index (χ0) is 22.9. The molecule has 168 valence electrons. The quantitative estimate of drug-likeness (QED) is 0.363. The third kappa shape index (κ3) is 5.97. The zero-order valence-corrected chi connectivity index (χ0v) is 18.2. The van der Waals surface area contributed by atoms with Crippen molar-refractivity contribution in [3.05, 3.63) is 60.2 Å². The second kappa shape index (κ2) is 11.1. The highest BCUT2D eigenvalue weighted by molar-refractivity contribution is 7.99. The SMILES string of the molecule is COC(=O)CNC(=O)CSc1nnc(COc2ccc(OC)cc2)n1-c1ccccc1F. The summed E-state index contributed by atoms with van der Waals surface area (Å²) in [6, 6.07) is 13.1. The first-order valence-electron chi connectivity index (χ1n) is 9.44. The van der Waals surface area contributed by atoms with Gasteiger partial charge in [-0.25, -0.2) is 4.39 Å². The molecule has 0 aliphatic heterocycles. The topological polar surface area (TPSA) is 105 Å². The van der Waals surface area contributed by atoms with Gasteiger partial charge in [0.15, 0.2) is 11.0 Å². The predicted molar refractivity (Wildman–Crippen MR) is 114 cm³/mol. The minimum absolute atomic E-state index is 0.0166. The van der Waals surface area contributed by atoms with Gasteiger partial charge in [0.1, 0.15) is 30.5 Å². The maximum Gasteiger partial charge on any atom is 0.325 e. The number of benzene rings is 2. The van der Waals surface area contributed by atoms with E-state index < -0.39 is 17.7 Å². The number of para-hydroxylation sites is 1. The first kappa shape index (κ1) is 23.1. The molecular weight excluding hydrogens is 439 g/mol. The van der Waals surface area contributed by atoms with Crippen molar-refractivity contribution in [2.75, 3.05) is 26.5 Å². The normalized spacial score (nSPS) is 10.5. The molecule has 1 amide bonds. The Hall–Kier alpha value is -3.60. The third-order valence-corrected chi connectivity index (χ3v) is 5.14. The maximum atomic E-state index is 14.5. The Morgan fingerprint density at radius 3 is 2.47 bits per heavy atom. The van der Waals surface area contributed by atoms with Gasteiger partial charge in [-0.3, -0.25) is 14.2 Å². The molecule has 32 heavy (non-hydrogen) atoms. The van der Waals surface area contributed by atoms with Crippen molar-refractivity contribution in [2.45, 2.75) is 11.8 Å². The van der Waals surface area contributed by atoms with Crippen LogP contribution < -0.4 is 14.8 Å². The molecule has 0 spiro atoms. The summed E-state index contributed by atoms with van der Waals surface area (Å²) in [6.45, 7) is -0.223. The molecule has 0 aliphatic carbocycles. The maximum absolute atomic E-state index is 14.5. The van der Waals surface area contributed by atoms with Crippen LogP contribution in [0.3, 0.4) is 0 Å². The predicted octanol–water partition coefficient (Wildman–Crippen LogP) is 2.38. The molecule has 2 aromatic carbocycles. The first-order valence-corrected chi connectivity index (χ1v) is 10.4. The lowest BCUT2D eigenvalue weighted by atomic mass is 10.3. The molecule has 0 unspecified atom stereocenters. The van der Waals surface area contributed by atoms with Gasteiger partial charge in [-0.1, -0.05) is 23.9 Å². The summed E-state index contributed by atoms with van der Waals surface area (Å²) in [7, 11) is 2.80. The molecule has 1 heterocycles. The van der Waals surface area contributed by atoms with Gasteiger partial charge < -0.3 is 19.5 Å². The number of thioether (sulfide) groups is 1. The van der Waals surface area contributed by atoms with E-state index in [1.807, 2.05) is 0 Å². The number of aromatic nitrogens is 3. The van der Waals surface area contributed by atoms with Crippen molar-refractivity contribution in [3.63, 3.8) is 0 Å². The summed E-state index contributed by atoms with van der Waals surface area (Å²) < 4.78 is 31.4. The van der Waals surface area contributed by atoms with Gasteiger partial charge in [0.05, 0.1) is 25.7 Å². The first-order chi connectivity index (χ1) is 15.5. The van der Waals surface area contributed by atoms with Gasteiger partial charge in [0.25, 0.3) is 0 Å². The van der Waals surface area contributed by atoms with Crippen LogP contribution in [-0.4, -0.2) is 53.2 Å². The van der Waals surface area contributed by atoms with Gasteiger partial charge in [-0.15, -0.1) is 10.2 Å². The second-order valence-corrected chi connectivity index (χ2v) is 7.23. The standard InChI is InChI=1S/C21H21FN4O5S/c1-29-14-7-9-15(10-8-14)31-12-18-24-25-21(26(18)17-6-4-3-5-16(17)22)32-13-19(27)23-11-20(28)30-2/h3-10H,11-13H2,1-2H3,(H,23,27). The molecule has 0 bridgehead atoms. The van der Waals surface area contributed by atoms with Gasteiger partial charge in [0.2, 0.25) is 5.91 Å². The number of nitrogens with one attached hydrogen (secondary N) is 1. The number of nitrogens with zero attached hydrogens (tertiary/aromatic N) is 3. The van der Waals surface area contributed by atoms with Crippen LogP contribution in [0.15, 0.2) is 53.7 Å². The molecule has 0 radical (unpaired) electrons. The van der Waals surface area contributed by atoms with Gasteiger partial charge in [0, 0.05) is 0 Å². The molecule has 0 fully saturated rings. The highest BCUT2D eigenvalue weighted by Crippen LogP contribution is 2.25. The number of esters is 1. The number of hydrogen-bond acceptors (Lipinski definition) is 8. The summed E-state index contributed by atoms with van der Waals surface area (Å²) in [5.41, 5.74) is 0.225. The summed E-state index contributed by atoms with van der Waals surface area (Å²) in [5.74, 6) is 0.123. The van der Waals surface area contributed by atoms with E-state index in [0.717, 1.165) is 11.8 Å². The smallest absolute Gasteiger partial charge is 0.325 e. The summed E-state index contributed by atoms with van der Waals surface area (Å²) in [5, 5.41) is 11.0. The molecule has 1 N–H and O–H groups in total. The fraction of sp³-hybridized carbons (Fsp3) is 0.238. The number of amides is 1. The van der Waals surface area contributed by atoms with Crippen molar-refractivity contribution in [3.8, 4) is 17.2 Å². The van der Waals surface area contributed by atoms with E-state index in [0.29, 0.717) is 22.5 Å². The summed E-state index contributed by atoms with van der Waals surface area (Å²) in [4.78, 5) is 23.2. The van der Waals surface area contributed by atoms with Crippen molar-refractivity contribution < 1.29 is 28.2 Å². The zero-order valence-electron chi connectivity index (χ0n) is 17.4. The molecule has 11 heteroatoms. The fourth-order valence-electron chi connectivity index (χ4n) is 2.61. The Balaban J connectivity index is 1.76. The molecule has 0 aliphatic rings. The average Bonchev–Trinajstić information content (AvgIpc) is 3.22. The van der Waals surface area contributed by atoms with Gasteiger partial charge in [-0.2, -0.15) is 0 Å². The van der Waals surface area contributed by atoms with Crippen LogP contribution in [0, 0.1) is 5.82 Å². The molecule has 0 saturated heterocycles. The third-order valence-electron chi connectivity index (χ3n) is 4.21. The van der Waals surface area contributed by atoms with Crippen molar-refractivity contribution in [2.24, 2.45) is 0 Å². The Morgan fingerprint density at radius 2 is 1.78 bits per heavy atom. The number of hydrogen-bond donors (Lipinski definition) is 1. The van der Waals surface area contributed by atoms with Crippen molar-refractivity contribution >= 4 is 23.6 Å². The Morgan fingerprint density at radius 1 is 1.06 bits per heavy atom. The number of rotatable bonds is 10. The highest BCUT2D eigenvalue weighted by Gasteiger charge is 2.19. The van der Waals surface area contributed by atoms with Crippen LogP contribution in [0.4, 0.5) is 4.39 Å². The molecule has 9 nitrogen and oxygen atoms in total.